The Morgan fingerprint density at radius 2 is 2.18 bits per heavy atom. The van der Waals surface area contributed by atoms with Gasteiger partial charge in [0.05, 0.1) is 0 Å². The van der Waals surface area contributed by atoms with E-state index in [-0.39, 0.29) is 0 Å². The summed E-state index contributed by atoms with van der Waals surface area (Å²) in [5.41, 5.74) is 5.26. The van der Waals surface area contributed by atoms with Gasteiger partial charge in [-0.3, -0.25) is 0 Å². The van der Waals surface area contributed by atoms with Crippen LogP contribution in [-0.2, 0) is 10.2 Å². The van der Waals surface area contributed by atoms with Crippen molar-refractivity contribution < 1.29 is 8.42 Å². The van der Waals surface area contributed by atoms with Gasteiger partial charge in [-0.15, -0.1) is 0 Å². The van der Waals surface area contributed by atoms with Gasteiger partial charge in [-0.1, -0.05) is 0 Å². The van der Waals surface area contributed by atoms with Crippen LogP contribution in [0, 0.1) is 0 Å². The summed E-state index contributed by atoms with van der Waals surface area (Å²) in [6, 6.07) is 0. The van der Waals surface area contributed by atoms with Crippen molar-refractivity contribution in [1.29, 1.82) is 0 Å². The van der Waals surface area contributed by atoms with Crippen molar-refractivity contribution in [3.05, 3.63) is 0 Å². The molecule has 0 amide bonds. The standard InChI is InChI=1S/C5H13N3O2S/c1-5(6)3-7-11(9,10)8(2)4-5/h7H,3-4,6H2,1-2H3. The van der Waals surface area contributed by atoms with Crippen LogP contribution in [0.5, 0.6) is 0 Å². The molecule has 66 valence electrons. The molecule has 5 nitrogen and oxygen atoms in total. The van der Waals surface area contributed by atoms with Gasteiger partial charge in [0.15, 0.2) is 0 Å². The van der Waals surface area contributed by atoms with Gasteiger partial charge in [-0.25, -0.2) is 4.72 Å². The normalized spacial score (nSPS) is 38.8. The predicted octanol–water partition coefficient (Wildman–Crippen LogP) is -1.52. The number of nitrogens with zero attached hydrogens (tertiary/aromatic N) is 1. The molecule has 1 saturated heterocycles. The van der Waals surface area contributed by atoms with Crippen molar-refractivity contribution in [1.82, 2.24) is 9.03 Å². The highest BCUT2D eigenvalue weighted by Crippen LogP contribution is 2.09. The summed E-state index contributed by atoms with van der Waals surface area (Å²) in [5, 5.41) is 0. The fourth-order valence-corrected chi connectivity index (χ4v) is 2.21. The summed E-state index contributed by atoms with van der Waals surface area (Å²) < 4.78 is 25.6. The van der Waals surface area contributed by atoms with Crippen LogP contribution in [0.4, 0.5) is 0 Å². The third-order valence-electron chi connectivity index (χ3n) is 1.65. The van der Waals surface area contributed by atoms with Crippen molar-refractivity contribution in [2.75, 3.05) is 20.1 Å². The summed E-state index contributed by atoms with van der Waals surface area (Å²) in [6.07, 6.45) is 0. The van der Waals surface area contributed by atoms with Crippen molar-refractivity contribution >= 4 is 10.2 Å². The van der Waals surface area contributed by atoms with E-state index in [1.54, 1.807) is 0 Å². The Morgan fingerprint density at radius 1 is 1.64 bits per heavy atom. The van der Waals surface area contributed by atoms with Crippen LogP contribution in [0.1, 0.15) is 6.92 Å². The Bertz CT molecular complexity index is 246. The second kappa shape index (κ2) is 2.41. The van der Waals surface area contributed by atoms with E-state index in [0.29, 0.717) is 13.1 Å². The monoisotopic (exact) mass is 179 g/mol. The Labute approximate surface area is 66.7 Å². The number of likely N-dealkylation sites (N-methyl/N-ethyl adjacent to an activating group) is 1. The first-order chi connectivity index (χ1) is 4.83. The Morgan fingerprint density at radius 3 is 2.55 bits per heavy atom. The van der Waals surface area contributed by atoms with Crippen molar-refractivity contribution in [3.8, 4) is 0 Å². The number of hydrogen-bond donors (Lipinski definition) is 2. The van der Waals surface area contributed by atoms with Crippen LogP contribution in [-0.4, -0.2) is 38.4 Å². The third-order valence-corrected chi connectivity index (χ3v) is 3.11. The fraction of sp³-hybridized carbons (Fsp3) is 1.00. The highest BCUT2D eigenvalue weighted by Gasteiger charge is 2.33. The molecular weight excluding hydrogens is 166 g/mol. The topological polar surface area (TPSA) is 75.4 Å². The van der Waals surface area contributed by atoms with Gasteiger partial charge < -0.3 is 5.73 Å². The van der Waals surface area contributed by atoms with Crippen LogP contribution in [0.25, 0.3) is 0 Å². The van der Waals surface area contributed by atoms with Gasteiger partial charge in [0, 0.05) is 25.7 Å². The Balaban J connectivity index is 2.79. The summed E-state index contributed by atoms with van der Waals surface area (Å²) in [4.78, 5) is 0. The Kier molecular flexibility index (Phi) is 1.96. The maximum absolute atomic E-state index is 11.0. The average molecular weight is 179 g/mol. The first-order valence-corrected chi connectivity index (χ1v) is 4.77. The summed E-state index contributed by atoms with van der Waals surface area (Å²) >= 11 is 0. The molecule has 0 aromatic rings. The molecule has 0 saturated carbocycles. The lowest BCUT2D eigenvalue weighted by molar-refractivity contribution is 0.316. The zero-order valence-corrected chi connectivity index (χ0v) is 7.48. The van der Waals surface area contributed by atoms with Crippen LogP contribution in [0.15, 0.2) is 0 Å². The van der Waals surface area contributed by atoms with E-state index >= 15 is 0 Å². The molecule has 1 unspecified atom stereocenters. The van der Waals surface area contributed by atoms with Crippen molar-refractivity contribution in [2.24, 2.45) is 5.73 Å². The molecule has 1 heterocycles. The molecule has 1 rings (SSSR count). The molecule has 1 aliphatic rings. The minimum atomic E-state index is -3.23. The largest absolute Gasteiger partial charge is 0.323 e. The molecule has 6 heteroatoms. The molecule has 0 bridgehead atoms. The third kappa shape index (κ3) is 1.90. The maximum atomic E-state index is 11.0. The summed E-state index contributed by atoms with van der Waals surface area (Å²) in [7, 11) is -1.72. The van der Waals surface area contributed by atoms with Gasteiger partial charge in [0.2, 0.25) is 0 Å². The quantitative estimate of drug-likeness (QED) is 0.474. The molecule has 1 atom stereocenters. The minimum absolute atomic E-state index is 0.305. The van der Waals surface area contributed by atoms with Gasteiger partial charge in [0.25, 0.3) is 10.2 Å². The van der Waals surface area contributed by atoms with Crippen LogP contribution in [0.2, 0.25) is 0 Å². The predicted molar refractivity (Wildman–Crippen MR) is 42.1 cm³/mol. The molecular formula is C5H13N3O2S. The summed E-state index contributed by atoms with van der Waals surface area (Å²) in [6.45, 7) is 2.48. The van der Waals surface area contributed by atoms with Crippen molar-refractivity contribution in [3.63, 3.8) is 0 Å². The van der Waals surface area contributed by atoms with Crippen LogP contribution >= 0.6 is 0 Å². The highest BCUT2D eigenvalue weighted by molar-refractivity contribution is 7.87. The lowest BCUT2D eigenvalue weighted by Crippen LogP contribution is -2.62. The SMILES string of the molecule is CN1CC(C)(N)CNS1(=O)=O. The number of hydrogen-bond acceptors (Lipinski definition) is 3. The van der Waals surface area contributed by atoms with E-state index in [0.717, 1.165) is 0 Å². The first-order valence-electron chi connectivity index (χ1n) is 3.33. The molecule has 0 spiro atoms. The second-order valence-corrected chi connectivity index (χ2v) is 5.10. The van der Waals surface area contributed by atoms with E-state index in [2.05, 4.69) is 4.72 Å². The van der Waals surface area contributed by atoms with Gasteiger partial charge >= 0.3 is 0 Å². The lowest BCUT2D eigenvalue weighted by Gasteiger charge is -2.35. The second-order valence-electron chi connectivity index (χ2n) is 3.24. The average Bonchev–Trinajstić information content (AvgIpc) is 1.81. The molecule has 11 heavy (non-hydrogen) atoms. The number of rotatable bonds is 0. The fourth-order valence-electron chi connectivity index (χ4n) is 1.02. The Hall–Kier alpha value is -0.170. The molecule has 1 fully saturated rings. The zero-order valence-electron chi connectivity index (χ0n) is 6.66. The van der Waals surface area contributed by atoms with Gasteiger partial charge in [-0.2, -0.15) is 12.7 Å². The van der Waals surface area contributed by atoms with Crippen LogP contribution in [0.3, 0.4) is 0 Å². The van der Waals surface area contributed by atoms with Gasteiger partial charge in [0.1, 0.15) is 0 Å². The van der Waals surface area contributed by atoms with E-state index in [4.69, 9.17) is 5.73 Å². The molecule has 0 aromatic heterocycles. The van der Waals surface area contributed by atoms with E-state index < -0.39 is 15.7 Å². The first kappa shape index (κ1) is 8.92. The highest BCUT2D eigenvalue weighted by atomic mass is 32.2. The van der Waals surface area contributed by atoms with E-state index in [9.17, 15) is 8.42 Å². The van der Waals surface area contributed by atoms with Crippen molar-refractivity contribution in [2.45, 2.75) is 12.5 Å². The lowest BCUT2D eigenvalue weighted by atomic mass is 10.1. The zero-order chi connectivity index (χ0) is 8.70. The van der Waals surface area contributed by atoms with E-state index in [1.165, 1.54) is 11.4 Å². The minimum Gasteiger partial charge on any atom is -0.323 e. The maximum Gasteiger partial charge on any atom is 0.279 e. The van der Waals surface area contributed by atoms with Crippen LogP contribution < -0.4 is 10.5 Å². The number of nitrogens with two attached hydrogens (primary N) is 1. The van der Waals surface area contributed by atoms with Gasteiger partial charge in [-0.05, 0) is 6.92 Å². The van der Waals surface area contributed by atoms with E-state index in [1.807, 2.05) is 6.92 Å². The summed E-state index contributed by atoms with van der Waals surface area (Å²) in [5.74, 6) is 0. The number of nitrogens with one attached hydrogen (secondary N) is 1. The molecule has 0 aliphatic carbocycles. The molecule has 3 N–H and O–H groups in total. The smallest absolute Gasteiger partial charge is 0.279 e. The molecule has 0 radical (unpaired) electrons. The molecule has 1 aliphatic heterocycles. The molecule has 0 aromatic carbocycles.